The first-order valence-corrected chi connectivity index (χ1v) is 11.0. The van der Waals surface area contributed by atoms with E-state index >= 15 is 0 Å². The molecule has 1 aliphatic rings. The van der Waals surface area contributed by atoms with Crippen LogP contribution in [0.2, 0.25) is 0 Å². The largest absolute Gasteiger partial charge is 0.416 e. The third-order valence-electron chi connectivity index (χ3n) is 5.22. The standard InChI is InChI=1S/C21H21F3N4O4S/c22-21(23,24)14-5-6-16(17(11-14)28(31)32)27-9-7-13(8-10-27)20(30)26-15-3-1-2-4-18(15)33-12-19(25)29/h1-6,11,13H,7-10,12H2,(H2,25,29)(H,26,30). The second-order valence-corrected chi connectivity index (χ2v) is 8.48. The highest BCUT2D eigenvalue weighted by Crippen LogP contribution is 2.38. The molecule has 0 radical (unpaired) electrons. The Morgan fingerprint density at radius 2 is 1.85 bits per heavy atom. The molecule has 0 saturated carbocycles. The number of carbonyl (C=O) groups excluding carboxylic acids is 2. The van der Waals surface area contributed by atoms with Crippen molar-refractivity contribution in [3.05, 3.63) is 58.1 Å². The van der Waals surface area contributed by atoms with Crippen molar-refractivity contribution in [1.82, 2.24) is 0 Å². The number of piperidine rings is 1. The van der Waals surface area contributed by atoms with Crippen LogP contribution >= 0.6 is 11.8 Å². The highest BCUT2D eigenvalue weighted by atomic mass is 32.2. The zero-order valence-electron chi connectivity index (χ0n) is 17.3. The van der Waals surface area contributed by atoms with E-state index in [0.29, 0.717) is 29.5 Å². The van der Waals surface area contributed by atoms with E-state index in [2.05, 4.69) is 5.32 Å². The predicted octanol–water partition coefficient (Wildman–Crippen LogP) is 4.05. The molecular formula is C21H21F3N4O4S. The number of halogens is 3. The number of amides is 2. The smallest absolute Gasteiger partial charge is 0.369 e. The molecule has 1 aliphatic heterocycles. The zero-order chi connectivity index (χ0) is 24.2. The molecule has 1 saturated heterocycles. The van der Waals surface area contributed by atoms with Gasteiger partial charge in [0.15, 0.2) is 0 Å². The number of para-hydroxylation sites is 1. The Hall–Kier alpha value is -3.28. The lowest BCUT2D eigenvalue weighted by molar-refractivity contribution is -0.384. The number of rotatable bonds is 7. The Morgan fingerprint density at radius 1 is 1.18 bits per heavy atom. The highest BCUT2D eigenvalue weighted by Gasteiger charge is 2.35. The topological polar surface area (TPSA) is 119 Å². The Labute approximate surface area is 191 Å². The average Bonchev–Trinajstić information content (AvgIpc) is 2.77. The van der Waals surface area contributed by atoms with Crippen molar-refractivity contribution >= 4 is 40.6 Å². The van der Waals surface area contributed by atoms with Crippen LogP contribution in [0.25, 0.3) is 0 Å². The number of carbonyl (C=O) groups is 2. The maximum absolute atomic E-state index is 12.9. The molecule has 0 unspecified atom stereocenters. The van der Waals surface area contributed by atoms with Crippen LogP contribution in [0.3, 0.4) is 0 Å². The summed E-state index contributed by atoms with van der Waals surface area (Å²) in [5.74, 6) is -1.02. The molecule has 8 nitrogen and oxygen atoms in total. The molecule has 0 aromatic heterocycles. The SMILES string of the molecule is NC(=O)CSc1ccccc1NC(=O)C1CCN(c2ccc(C(F)(F)F)cc2[N+](=O)[O-])CC1. The maximum Gasteiger partial charge on any atom is 0.416 e. The minimum absolute atomic E-state index is 0.0666. The van der Waals surface area contributed by atoms with Crippen LogP contribution in [-0.2, 0) is 15.8 Å². The summed E-state index contributed by atoms with van der Waals surface area (Å²) >= 11 is 1.21. The molecule has 0 aliphatic carbocycles. The van der Waals surface area contributed by atoms with Crippen LogP contribution in [0.5, 0.6) is 0 Å². The number of primary amides is 1. The number of nitro groups is 1. The minimum atomic E-state index is -4.68. The van der Waals surface area contributed by atoms with Crippen molar-refractivity contribution in [1.29, 1.82) is 0 Å². The van der Waals surface area contributed by atoms with Gasteiger partial charge >= 0.3 is 6.18 Å². The number of nitrogens with zero attached hydrogens (tertiary/aromatic N) is 2. The first-order chi connectivity index (χ1) is 15.6. The van der Waals surface area contributed by atoms with Gasteiger partial charge in [0.1, 0.15) is 5.69 Å². The molecule has 1 fully saturated rings. The number of nitrogens with one attached hydrogen (secondary N) is 1. The highest BCUT2D eigenvalue weighted by molar-refractivity contribution is 8.00. The Morgan fingerprint density at radius 3 is 2.45 bits per heavy atom. The van der Waals surface area contributed by atoms with Crippen LogP contribution in [0.4, 0.5) is 30.2 Å². The molecule has 12 heteroatoms. The lowest BCUT2D eigenvalue weighted by Gasteiger charge is -2.32. The van der Waals surface area contributed by atoms with E-state index in [1.165, 1.54) is 11.8 Å². The molecule has 2 aromatic carbocycles. The van der Waals surface area contributed by atoms with Crippen molar-refractivity contribution in [3.63, 3.8) is 0 Å². The van der Waals surface area contributed by atoms with Gasteiger partial charge in [0, 0.05) is 30.0 Å². The van der Waals surface area contributed by atoms with Gasteiger partial charge in [0.25, 0.3) is 5.69 Å². The van der Waals surface area contributed by atoms with E-state index in [0.717, 1.165) is 12.1 Å². The van der Waals surface area contributed by atoms with E-state index in [4.69, 9.17) is 5.73 Å². The monoisotopic (exact) mass is 482 g/mol. The molecule has 1 heterocycles. The molecule has 3 N–H and O–H groups in total. The molecule has 33 heavy (non-hydrogen) atoms. The van der Waals surface area contributed by atoms with E-state index in [1.807, 2.05) is 0 Å². The number of alkyl halides is 3. The number of benzene rings is 2. The summed E-state index contributed by atoms with van der Waals surface area (Å²) in [6.07, 6.45) is -3.93. The van der Waals surface area contributed by atoms with Gasteiger partial charge in [-0.1, -0.05) is 12.1 Å². The van der Waals surface area contributed by atoms with Gasteiger partial charge in [-0.2, -0.15) is 13.2 Å². The molecule has 176 valence electrons. The summed E-state index contributed by atoms with van der Waals surface area (Å²) in [5, 5.41) is 14.2. The second kappa shape index (κ2) is 10.1. The Balaban J connectivity index is 1.67. The van der Waals surface area contributed by atoms with Gasteiger partial charge in [0.2, 0.25) is 11.8 Å². The van der Waals surface area contributed by atoms with Crippen LogP contribution < -0.4 is 16.0 Å². The summed E-state index contributed by atoms with van der Waals surface area (Å²) in [4.78, 5) is 36.7. The van der Waals surface area contributed by atoms with Crippen molar-refractivity contribution in [2.24, 2.45) is 11.7 Å². The van der Waals surface area contributed by atoms with E-state index in [1.54, 1.807) is 29.2 Å². The van der Waals surface area contributed by atoms with Crippen LogP contribution in [0.1, 0.15) is 18.4 Å². The van der Waals surface area contributed by atoms with Crippen LogP contribution in [-0.4, -0.2) is 35.6 Å². The first-order valence-electron chi connectivity index (χ1n) is 9.98. The Kier molecular flexibility index (Phi) is 7.46. The first kappa shape index (κ1) is 24.4. The van der Waals surface area contributed by atoms with Crippen LogP contribution in [0, 0.1) is 16.0 Å². The number of thioether (sulfide) groups is 1. The number of anilines is 2. The van der Waals surface area contributed by atoms with E-state index < -0.39 is 28.3 Å². The molecule has 0 bridgehead atoms. The lowest BCUT2D eigenvalue weighted by Crippen LogP contribution is -2.38. The molecular weight excluding hydrogens is 461 g/mol. The normalized spacial score (nSPS) is 14.7. The molecule has 0 atom stereocenters. The summed E-state index contributed by atoms with van der Waals surface area (Å²) in [6.45, 7) is 0.560. The zero-order valence-corrected chi connectivity index (χ0v) is 18.1. The average molecular weight is 482 g/mol. The van der Waals surface area contributed by atoms with Gasteiger partial charge in [-0.05, 0) is 37.1 Å². The fourth-order valence-electron chi connectivity index (χ4n) is 3.58. The minimum Gasteiger partial charge on any atom is -0.369 e. The van der Waals surface area contributed by atoms with Crippen molar-refractivity contribution in [3.8, 4) is 0 Å². The van der Waals surface area contributed by atoms with Gasteiger partial charge in [-0.15, -0.1) is 11.8 Å². The lowest BCUT2D eigenvalue weighted by atomic mass is 9.95. The molecule has 2 amide bonds. The fourth-order valence-corrected chi connectivity index (χ4v) is 4.32. The van der Waals surface area contributed by atoms with Gasteiger partial charge in [0.05, 0.1) is 21.9 Å². The summed E-state index contributed by atoms with van der Waals surface area (Å²) < 4.78 is 38.8. The van der Waals surface area contributed by atoms with Crippen LogP contribution in [0.15, 0.2) is 47.4 Å². The summed E-state index contributed by atoms with van der Waals surface area (Å²) in [6, 6.07) is 9.45. The second-order valence-electron chi connectivity index (χ2n) is 7.46. The van der Waals surface area contributed by atoms with E-state index in [-0.39, 0.29) is 36.4 Å². The third kappa shape index (κ3) is 6.15. The quantitative estimate of drug-likeness (QED) is 0.349. The van der Waals surface area contributed by atoms with Gasteiger partial charge in [-0.25, -0.2) is 0 Å². The third-order valence-corrected chi connectivity index (χ3v) is 6.32. The molecule has 3 rings (SSSR count). The number of nitrogens with two attached hydrogens (primary N) is 1. The maximum atomic E-state index is 12.9. The number of nitro benzene ring substituents is 1. The van der Waals surface area contributed by atoms with Gasteiger partial charge in [-0.3, -0.25) is 19.7 Å². The molecule has 0 spiro atoms. The van der Waals surface area contributed by atoms with E-state index in [9.17, 15) is 32.9 Å². The Bertz CT molecular complexity index is 1060. The summed E-state index contributed by atoms with van der Waals surface area (Å²) in [5.41, 5.74) is 4.13. The number of hydrogen-bond acceptors (Lipinski definition) is 6. The van der Waals surface area contributed by atoms with Crippen molar-refractivity contribution in [2.45, 2.75) is 23.9 Å². The number of hydrogen-bond donors (Lipinski definition) is 2. The summed E-state index contributed by atoms with van der Waals surface area (Å²) in [7, 11) is 0. The predicted molar refractivity (Wildman–Crippen MR) is 118 cm³/mol. The fraction of sp³-hybridized carbons (Fsp3) is 0.333. The van der Waals surface area contributed by atoms with Gasteiger partial charge < -0.3 is 16.0 Å². The molecule has 2 aromatic rings. The van der Waals surface area contributed by atoms with Crippen molar-refractivity contribution < 1.29 is 27.7 Å². The van der Waals surface area contributed by atoms with Crippen molar-refractivity contribution in [2.75, 3.05) is 29.1 Å².